The largest absolute Gasteiger partial charge is 0.449 e. The van der Waals surface area contributed by atoms with Crippen LogP contribution in [0.1, 0.15) is 43.0 Å². The summed E-state index contributed by atoms with van der Waals surface area (Å²) in [4.78, 5) is 35.2. The van der Waals surface area contributed by atoms with Crippen molar-refractivity contribution in [2.75, 3.05) is 25.6 Å². The van der Waals surface area contributed by atoms with Crippen LogP contribution in [0.3, 0.4) is 0 Å². The number of carbonyl (C=O) groups excluding carboxylic acids is 2. The highest BCUT2D eigenvalue weighted by Crippen LogP contribution is 2.24. The molecule has 27 heavy (non-hydrogen) atoms. The molecule has 0 spiro atoms. The lowest BCUT2D eigenvalue weighted by atomic mass is 10.1. The number of non-ortho nitro benzene ring substituents is 1. The number of ether oxygens (including phenoxy) is 2. The zero-order valence-electron chi connectivity index (χ0n) is 15.5. The fourth-order valence-corrected chi connectivity index (χ4v) is 2.92. The summed E-state index contributed by atoms with van der Waals surface area (Å²) in [6.07, 6.45) is 2.99. The third kappa shape index (κ3) is 5.92. The third-order valence-corrected chi connectivity index (χ3v) is 4.41. The van der Waals surface area contributed by atoms with Crippen molar-refractivity contribution in [1.82, 2.24) is 5.32 Å². The first kappa shape index (κ1) is 20.6. The summed E-state index contributed by atoms with van der Waals surface area (Å²) in [5.74, 6) is -1.16. The number of methoxy groups -OCH3 is 1. The van der Waals surface area contributed by atoms with Gasteiger partial charge in [0.25, 0.3) is 11.6 Å². The van der Waals surface area contributed by atoms with E-state index in [1.807, 2.05) is 0 Å². The summed E-state index contributed by atoms with van der Waals surface area (Å²) in [6, 6.07) is 3.98. The number of benzene rings is 1. The number of amides is 1. The van der Waals surface area contributed by atoms with Crippen molar-refractivity contribution in [3.05, 3.63) is 33.9 Å². The van der Waals surface area contributed by atoms with Crippen molar-refractivity contribution in [2.45, 2.75) is 44.8 Å². The number of nitrogens with one attached hydrogen (secondary N) is 2. The normalized spacial score (nSPS) is 15.2. The Balaban J connectivity index is 2.08. The van der Waals surface area contributed by atoms with Gasteiger partial charge in [-0.2, -0.15) is 0 Å². The molecule has 0 saturated heterocycles. The van der Waals surface area contributed by atoms with E-state index in [9.17, 15) is 19.7 Å². The summed E-state index contributed by atoms with van der Waals surface area (Å²) in [7, 11) is 1.54. The monoisotopic (exact) mass is 379 g/mol. The van der Waals surface area contributed by atoms with Gasteiger partial charge in [0.1, 0.15) is 0 Å². The van der Waals surface area contributed by atoms with E-state index in [-0.39, 0.29) is 23.2 Å². The van der Waals surface area contributed by atoms with E-state index in [0.29, 0.717) is 18.8 Å². The molecule has 2 N–H and O–H groups in total. The van der Waals surface area contributed by atoms with Crippen LogP contribution in [-0.4, -0.2) is 49.2 Å². The number of carbonyl (C=O) groups is 2. The van der Waals surface area contributed by atoms with Crippen LogP contribution in [0.25, 0.3) is 0 Å². The Morgan fingerprint density at radius 2 is 2.04 bits per heavy atom. The van der Waals surface area contributed by atoms with Crippen LogP contribution in [0.5, 0.6) is 0 Å². The molecule has 1 fully saturated rings. The quantitative estimate of drug-likeness (QED) is 0.292. The van der Waals surface area contributed by atoms with Crippen LogP contribution >= 0.6 is 0 Å². The molecule has 2 rings (SSSR count). The molecule has 0 aromatic heterocycles. The Hall–Kier alpha value is -2.68. The highest BCUT2D eigenvalue weighted by Gasteiger charge is 2.25. The second kappa shape index (κ2) is 9.86. The zero-order valence-corrected chi connectivity index (χ0v) is 15.5. The van der Waals surface area contributed by atoms with Gasteiger partial charge in [-0.15, -0.1) is 0 Å². The molecule has 0 radical (unpaired) electrons. The van der Waals surface area contributed by atoms with Gasteiger partial charge in [0, 0.05) is 37.5 Å². The van der Waals surface area contributed by atoms with Gasteiger partial charge >= 0.3 is 5.97 Å². The number of hydrogen-bond donors (Lipinski definition) is 2. The van der Waals surface area contributed by atoms with Crippen molar-refractivity contribution in [3.63, 3.8) is 0 Å². The van der Waals surface area contributed by atoms with Crippen LogP contribution in [-0.2, 0) is 14.3 Å². The molecule has 0 aliphatic heterocycles. The standard InChI is InChI=1S/C18H25N3O6/c1-12(17(22)20-13-5-3-4-6-13)27-18(23)15-11-14(21(24)25)7-8-16(15)19-9-10-26-2/h7-8,11-13,19H,3-6,9-10H2,1-2H3,(H,20,22)/t12-/m0/s1. The summed E-state index contributed by atoms with van der Waals surface area (Å²) < 4.78 is 10.2. The fourth-order valence-electron chi connectivity index (χ4n) is 2.92. The van der Waals surface area contributed by atoms with E-state index in [2.05, 4.69) is 10.6 Å². The Morgan fingerprint density at radius 1 is 1.33 bits per heavy atom. The Bertz CT molecular complexity index is 688. The molecule has 148 valence electrons. The number of nitro groups is 1. The topological polar surface area (TPSA) is 120 Å². The highest BCUT2D eigenvalue weighted by atomic mass is 16.6. The molecule has 1 aromatic carbocycles. The van der Waals surface area contributed by atoms with Crippen molar-refractivity contribution in [3.8, 4) is 0 Å². The molecule has 9 heteroatoms. The number of nitro benzene ring substituents is 1. The number of nitrogens with zero attached hydrogens (tertiary/aromatic N) is 1. The first-order valence-electron chi connectivity index (χ1n) is 8.95. The predicted molar refractivity (Wildman–Crippen MR) is 98.7 cm³/mol. The fraction of sp³-hybridized carbons (Fsp3) is 0.556. The SMILES string of the molecule is COCCNc1ccc([N+](=O)[O-])cc1C(=O)O[C@@H](C)C(=O)NC1CCCC1. The Kier molecular flexibility index (Phi) is 7.54. The van der Waals surface area contributed by atoms with Crippen molar-refractivity contribution >= 4 is 23.3 Å². The molecule has 0 heterocycles. The molecule has 1 aliphatic carbocycles. The number of hydrogen-bond acceptors (Lipinski definition) is 7. The van der Waals surface area contributed by atoms with E-state index < -0.39 is 17.0 Å². The van der Waals surface area contributed by atoms with E-state index in [1.165, 1.54) is 26.2 Å². The molecule has 1 aromatic rings. The number of esters is 1. The molecule has 9 nitrogen and oxygen atoms in total. The average molecular weight is 379 g/mol. The van der Waals surface area contributed by atoms with Gasteiger partial charge in [-0.25, -0.2) is 4.79 Å². The molecular weight excluding hydrogens is 354 g/mol. The lowest BCUT2D eigenvalue weighted by Crippen LogP contribution is -2.40. The van der Waals surface area contributed by atoms with Crippen LogP contribution in [0.2, 0.25) is 0 Å². The summed E-state index contributed by atoms with van der Waals surface area (Å²) >= 11 is 0. The van der Waals surface area contributed by atoms with E-state index >= 15 is 0 Å². The van der Waals surface area contributed by atoms with E-state index in [0.717, 1.165) is 31.7 Å². The van der Waals surface area contributed by atoms with Gasteiger partial charge in [0.15, 0.2) is 6.10 Å². The van der Waals surface area contributed by atoms with Crippen molar-refractivity contribution < 1.29 is 24.0 Å². The van der Waals surface area contributed by atoms with Gasteiger partial charge in [-0.05, 0) is 25.8 Å². The second-order valence-corrected chi connectivity index (χ2v) is 6.44. The van der Waals surface area contributed by atoms with Gasteiger partial charge in [0.05, 0.1) is 17.1 Å². The summed E-state index contributed by atoms with van der Waals surface area (Å²) in [5, 5.41) is 16.9. The van der Waals surface area contributed by atoms with E-state index in [4.69, 9.17) is 9.47 Å². The highest BCUT2D eigenvalue weighted by molar-refractivity contribution is 5.98. The molecule has 1 saturated carbocycles. The molecule has 1 aliphatic rings. The van der Waals surface area contributed by atoms with Gasteiger partial charge in [0.2, 0.25) is 0 Å². The maximum Gasteiger partial charge on any atom is 0.341 e. The average Bonchev–Trinajstić information content (AvgIpc) is 3.14. The van der Waals surface area contributed by atoms with Crippen molar-refractivity contribution in [2.24, 2.45) is 0 Å². The van der Waals surface area contributed by atoms with Gasteiger partial charge in [-0.3, -0.25) is 14.9 Å². The maximum atomic E-state index is 12.5. The number of rotatable bonds is 9. The summed E-state index contributed by atoms with van der Waals surface area (Å²) in [6.45, 7) is 2.29. The minimum Gasteiger partial charge on any atom is -0.449 e. The first-order chi connectivity index (χ1) is 12.9. The number of anilines is 1. The maximum absolute atomic E-state index is 12.5. The predicted octanol–water partition coefficient (Wildman–Crippen LogP) is 2.26. The first-order valence-corrected chi connectivity index (χ1v) is 8.95. The zero-order chi connectivity index (χ0) is 19.8. The molecule has 0 bridgehead atoms. The second-order valence-electron chi connectivity index (χ2n) is 6.44. The Morgan fingerprint density at radius 3 is 2.67 bits per heavy atom. The molecular formula is C18H25N3O6. The van der Waals surface area contributed by atoms with Gasteiger partial charge < -0.3 is 20.1 Å². The molecule has 0 unspecified atom stereocenters. The summed E-state index contributed by atoms with van der Waals surface area (Å²) in [5.41, 5.74) is 0.147. The lowest BCUT2D eigenvalue weighted by molar-refractivity contribution is -0.384. The Labute approximate surface area is 157 Å². The van der Waals surface area contributed by atoms with Crippen LogP contribution in [0, 0.1) is 10.1 Å². The van der Waals surface area contributed by atoms with E-state index in [1.54, 1.807) is 0 Å². The molecule has 1 atom stereocenters. The lowest BCUT2D eigenvalue weighted by Gasteiger charge is -2.18. The minimum atomic E-state index is -0.996. The van der Waals surface area contributed by atoms with Crippen LogP contribution in [0.4, 0.5) is 11.4 Å². The minimum absolute atomic E-state index is 0.000759. The smallest absolute Gasteiger partial charge is 0.341 e. The molecule has 1 amide bonds. The third-order valence-electron chi connectivity index (χ3n) is 4.41. The van der Waals surface area contributed by atoms with Crippen molar-refractivity contribution in [1.29, 1.82) is 0 Å². The van der Waals surface area contributed by atoms with Crippen LogP contribution < -0.4 is 10.6 Å². The van der Waals surface area contributed by atoms with Crippen LogP contribution in [0.15, 0.2) is 18.2 Å². The van der Waals surface area contributed by atoms with Gasteiger partial charge in [-0.1, -0.05) is 12.8 Å².